The summed E-state index contributed by atoms with van der Waals surface area (Å²) < 4.78 is 5.53. The standard InChI is InChI=1S/C10H13N5O/c1-3-11-7(2)9-14-15-10(16-9)8-4-5-12-13-6-8/h4-7,11H,3H2,1-2H3. The Kier molecular flexibility index (Phi) is 3.21. The van der Waals surface area contributed by atoms with E-state index in [9.17, 15) is 0 Å². The first-order valence-electron chi connectivity index (χ1n) is 5.15. The third kappa shape index (κ3) is 2.22. The van der Waals surface area contributed by atoms with Crippen LogP contribution < -0.4 is 5.32 Å². The minimum atomic E-state index is 0.0565. The maximum atomic E-state index is 5.53. The molecule has 0 aliphatic heterocycles. The first-order chi connectivity index (χ1) is 7.81. The van der Waals surface area contributed by atoms with Crippen molar-refractivity contribution in [1.82, 2.24) is 25.7 Å². The number of nitrogens with one attached hydrogen (secondary N) is 1. The molecule has 1 atom stereocenters. The Balaban J connectivity index is 2.20. The number of aromatic nitrogens is 4. The van der Waals surface area contributed by atoms with Crippen molar-refractivity contribution in [3.63, 3.8) is 0 Å². The molecular weight excluding hydrogens is 206 g/mol. The molecule has 2 aromatic heterocycles. The topological polar surface area (TPSA) is 76.7 Å². The van der Waals surface area contributed by atoms with Crippen molar-refractivity contribution in [3.8, 4) is 11.5 Å². The minimum absolute atomic E-state index is 0.0565. The molecule has 0 radical (unpaired) electrons. The van der Waals surface area contributed by atoms with Gasteiger partial charge in [-0.15, -0.1) is 10.2 Å². The van der Waals surface area contributed by atoms with E-state index in [4.69, 9.17) is 4.42 Å². The van der Waals surface area contributed by atoms with Crippen molar-refractivity contribution in [3.05, 3.63) is 24.4 Å². The van der Waals surface area contributed by atoms with Crippen LogP contribution in [-0.4, -0.2) is 26.9 Å². The minimum Gasteiger partial charge on any atom is -0.419 e. The van der Waals surface area contributed by atoms with E-state index in [2.05, 4.69) is 25.7 Å². The van der Waals surface area contributed by atoms with E-state index in [-0.39, 0.29) is 6.04 Å². The van der Waals surface area contributed by atoms with E-state index < -0.39 is 0 Å². The molecule has 1 N–H and O–H groups in total. The second-order valence-electron chi connectivity index (χ2n) is 3.36. The second kappa shape index (κ2) is 4.80. The Bertz CT molecular complexity index is 441. The predicted molar refractivity (Wildman–Crippen MR) is 57.4 cm³/mol. The molecule has 0 aromatic carbocycles. The Morgan fingerprint density at radius 2 is 2.25 bits per heavy atom. The lowest BCUT2D eigenvalue weighted by Crippen LogP contribution is -2.17. The van der Waals surface area contributed by atoms with E-state index in [1.165, 1.54) is 0 Å². The molecule has 0 bridgehead atoms. The van der Waals surface area contributed by atoms with E-state index in [0.29, 0.717) is 11.8 Å². The zero-order valence-electron chi connectivity index (χ0n) is 9.21. The average molecular weight is 219 g/mol. The largest absolute Gasteiger partial charge is 0.419 e. The summed E-state index contributed by atoms with van der Waals surface area (Å²) in [6.45, 7) is 4.86. The summed E-state index contributed by atoms with van der Waals surface area (Å²) in [5.41, 5.74) is 0.775. The summed E-state index contributed by atoms with van der Waals surface area (Å²) in [5, 5.41) is 18.6. The highest BCUT2D eigenvalue weighted by molar-refractivity contribution is 5.49. The van der Waals surface area contributed by atoms with Crippen LogP contribution in [0, 0.1) is 0 Å². The average Bonchev–Trinajstić information content (AvgIpc) is 2.80. The van der Waals surface area contributed by atoms with Gasteiger partial charge < -0.3 is 9.73 Å². The van der Waals surface area contributed by atoms with E-state index in [1.54, 1.807) is 18.5 Å². The summed E-state index contributed by atoms with van der Waals surface area (Å²) in [6.07, 6.45) is 3.18. The first kappa shape index (κ1) is 10.7. The summed E-state index contributed by atoms with van der Waals surface area (Å²) in [7, 11) is 0. The van der Waals surface area contributed by atoms with E-state index in [1.807, 2.05) is 13.8 Å². The summed E-state index contributed by atoms with van der Waals surface area (Å²) in [6, 6.07) is 1.84. The smallest absolute Gasteiger partial charge is 0.249 e. The highest BCUT2D eigenvalue weighted by atomic mass is 16.4. The van der Waals surface area contributed by atoms with Crippen molar-refractivity contribution in [2.45, 2.75) is 19.9 Å². The Hall–Kier alpha value is -1.82. The third-order valence-electron chi connectivity index (χ3n) is 2.15. The van der Waals surface area contributed by atoms with Crippen molar-refractivity contribution >= 4 is 0 Å². The number of nitrogens with zero attached hydrogens (tertiary/aromatic N) is 4. The molecular formula is C10H13N5O. The SMILES string of the molecule is CCNC(C)c1nnc(-c2ccnnc2)o1. The predicted octanol–water partition coefficient (Wildman–Crippen LogP) is 1.20. The van der Waals surface area contributed by atoms with Crippen LogP contribution in [0.5, 0.6) is 0 Å². The molecule has 6 nitrogen and oxygen atoms in total. The second-order valence-corrected chi connectivity index (χ2v) is 3.36. The van der Waals surface area contributed by atoms with Gasteiger partial charge in [-0.05, 0) is 19.5 Å². The molecule has 0 aliphatic rings. The van der Waals surface area contributed by atoms with Gasteiger partial charge in [0.2, 0.25) is 11.8 Å². The van der Waals surface area contributed by atoms with Crippen molar-refractivity contribution in [2.24, 2.45) is 0 Å². The fraction of sp³-hybridized carbons (Fsp3) is 0.400. The molecule has 1 unspecified atom stereocenters. The summed E-state index contributed by atoms with van der Waals surface area (Å²) >= 11 is 0. The summed E-state index contributed by atoms with van der Waals surface area (Å²) in [4.78, 5) is 0. The van der Waals surface area contributed by atoms with Gasteiger partial charge in [0.1, 0.15) is 0 Å². The van der Waals surface area contributed by atoms with Crippen molar-refractivity contribution in [1.29, 1.82) is 0 Å². The van der Waals surface area contributed by atoms with Gasteiger partial charge in [-0.3, -0.25) is 0 Å². The molecule has 0 saturated heterocycles. The monoisotopic (exact) mass is 219 g/mol. The zero-order valence-corrected chi connectivity index (χ0v) is 9.21. The van der Waals surface area contributed by atoms with Crippen LogP contribution in [0.3, 0.4) is 0 Å². The lowest BCUT2D eigenvalue weighted by Gasteiger charge is -2.05. The number of rotatable bonds is 4. The molecule has 6 heteroatoms. The molecule has 0 amide bonds. The van der Waals surface area contributed by atoms with Crippen molar-refractivity contribution in [2.75, 3.05) is 6.54 Å². The maximum absolute atomic E-state index is 5.53. The number of hydrogen-bond acceptors (Lipinski definition) is 6. The quantitative estimate of drug-likeness (QED) is 0.832. The molecule has 84 valence electrons. The van der Waals surface area contributed by atoms with Gasteiger partial charge in [0.05, 0.1) is 24.0 Å². The molecule has 2 heterocycles. The van der Waals surface area contributed by atoms with Crippen LogP contribution in [0.2, 0.25) is 0 Å². The zero-order chi connectivity index (χ0) is 11.4. The van der Waals surface area contributed by atoms with Gasteiger partial charge in [-0.25, -0.2) is 0 Å². The number of hydrogen-bond donors (Lipinski definition) is 1. The Morgan fingerprint density at radius 1 is 1.38 bits per heavy atom. The first-order valence-corrected chi connectivity index (χ1v) is 5.15. The highest BCUT2D eigenvalue weighted by Crippen LogP contribution is 2.18. The fourth-order valence-electron chi connectivity index (χ4n) is 1.34. The van der Waals surface area contributed by atoms with E-state index >= 15 is 0 Å². The van der Waals surface area contributed by atoms with Gasteiger partial charge in [0.25, 0.3) is 0 Å². The van der Waals surface area contributed by atoms with Gasteiger partial charge >= 0.3 is 0 Å². The lowest BCUT2D eigenvalue weighted by atomic mass is 10.3. The molecule has 0 aliphatic carbocycles. The van der Waals surface area contributed by atoms with Crippen LogP contribution in [0.25, 0.3) is 11.5 Å². The van der Waals surface area contributed by atoms with Crippen molar-refractivity contribution < 1.29 is 4.42 Å². The van der Waals surface area contributed by atoms with Gasteiger partial charge in [0.15, 0.2) is 0 Å². The molecule has 0 saturated carbocycles. The Morgan fingerprint density at radius 3 is 2.94 bits per heavy atom. The Labute approximate surface area is 93.1 Å². The molecule has 0 spiro atoms. The van der Waals surface area contributed by atoms with Gasteiger partial charge in [-0.1, -0.05) is 6.92 Å². The fourth-order valence-corrected chi connectivity index (χ4v) is 1.34. The third-order valence-corrected chi connectivity index (χ3v) is 2.15. The van der Waals surface area contributed by atoms with Crippen LogP contribution >= 0.6 is 0 Å². The van der Waals surface area contributed by atoms with Crippen LogP contribution in [0.4, 0.5) is 0 Å². The van der Waals surface area contributed by atoms with Crippen LogP contribution in [0.1, 0.15) is 25.8 Å². The van der Waals surface area contributed by atoms with Gasteiger partial charge in [-0.2, -0.15) is 10.2 Å². The lowest BCUT2D eigenvalue weighted by molar-refractivity contribution is 0.429. The van der Waals surface area contributed by atoms with Crippen LogP contribution in [0.15, 0.2) is 22.9 Å². The molecule has 2 aromatic rings. The van der Waals surface area contributed by atoms with Gasteiger partial charge in [0, 0.05) is 0 Å². The normalized spacial score (nSPS) is 12.6. The maximum Gasteiger partial charge on any atom is 0.249 e. The van der Waals surface area contributed by atoms with E-state index in [0.717, 1.165) is 12.1 Å². The molecule has 2 rings (SSSR count). The van der Waals surface area contributed by atoms with Crippen LogP contribution in [-0.2, 0) is 0 Å². The molecule has 0 fully saturated rings. The molecule has 16 heavy (non-hydrogen) atoms. The summed E-state index contributed by atoms with van der Waals surface area (Å²) in [5.74, 6) is 1.04. The highest BCUT2D eigenvalue weighted by Gasteiger charge is 2.13.